The summed E-state index contributed by atoms with van der Waals surface area (Å²) in [6.07, 6.45) is 0. The summed E-state index contributed by atoms with van der Waals surface area (Å²) in [6.45, 7) is 0. The zero-order valence-electron chi connectivity index (χ0n) is 9.69. The maximum absolute atomic E-state index is 10.8. The molecule has 0 aromatic heterocycles. The minimum Gasteiger partial charge on any atom is -0.371 e. The second kappa shape index (κ2) is 5.30. The van der Waals surface area contributed by atoms with Gasteiger partial charge in [0.1, 0.15) is 0 Å². The van der Waals surface area contributed by atoms with Crippen molar-refractivity contribution >= 4 is 21.7 Å². The molecule has 2 N–H and O–H groups in total. The van der Waals surface area contributed by atoms with E-state index in [1.807, 2.05) is 12.1 Å². The molecule has 0 aliphatic heterocycles. The van der Waals surface area contributed by atoms with Gasteiger partial charge in [-0.1, -0.05) is 48.0 Å². The Morgan fingerprint density at radius 1 is 0.895 bits per heavy atom. The van der Waals surface area contributed by atoms with Crippen molar-refractivity contribution in [2.45, 2.75) is 5.44 Å². The zero-order chi connectivity index (χ0) is 14.0. The Hall–Kier alpha value is -1.40. The van der Waals surface area contributed by atoms with Crippen molar-refractivity contribution in [1.29, 1.82) is 0 Å². The third-order valence-electron chi connectivity index (χ3n) is 2.66. The van der Waals surface area contributed by atoms with Crippen molar-refractivity contribution < 1.29 is 18.1 Å². The van der Waals surface area contributed by atoms with E-state index in [4.69, 9.17) is 16.2 Å². The summed E-state index contributed by atoms with van der Waals surface area (Å²) in [4.78, 5) is 0. The van der Waals surface area contributed by atoms with Crippen LogP contribution >= 0.6 is 11.6 Å². The molecule has 2 rings (SSSR count). The fourth-order valence-corrected chi connectivity index (χ4v) is 2.28. The molecule has 0 bridgehead atoms. The number of hydrogen-bond acceptors (Lipinski definition) is 3. The van der Waals surface area contributed by atoms with Gasteiger partial charge in [-0.05, 0) is 28.8 Å². The van der Waals surface area contributed by atoms with Crippen molar-refractivity contribution in [3.8, 4) is 11.1 Å². The Kier molecular flexibility index (Phi) is 3.91. The lowest BCUT2D eigenvalue weighted by atomic mass is 10.0. The highest BCUT2D eigenvalue weighted by molar-refractivity contribution is 7.85. The van der Waals surface area contributed by atoms with Crippen LogP contribution in [-0.2, 0) is 10.1 Å². The number of hydrogen-bond donors (Lipinski definition) is 2. The van der Waals surface area contributed by atoms with Crippen molar-refractivity contribution in [3.05, 3.63) is 59.1 Å². The Morgan fingerprint density at radius 2 is 1.32 bits per heavy atom. The number of benzene rings is 2. The van der Waals surface area contributed by atoms with Crippen molar-refractivity contribution in [2.24, 2.45) is 0 Å². The molecule has 1 unspecified atom stereocenters. The van der Waals surface area contributed by atoms with E-state index in [9.17, 15) is 13.5 Å². The summed E-state index contributed by atoms with van der Waals surface area (Å²) in [6, 6.07) is 13.4. The van der Waals surface area contributed by atoms with E-state index in [0.29, 0.717) is 5.02 Å². The maximum Gasteiger partial charge on any atom is 0.296 e. The van der Waals surface area contributed by atoms with Gasteiger partial charge >= 0.3 is 0 Å². The first-order valence-corrected chi connectivity index (χ1v) is 7.26. The van der Waals surface area contributed by atoms with Gasteiger partial charge in [0.25, 0.3) is 10.1 Å². The molecule has 0 saturated heterocycles. The highest BCUT2D eigenvalue weighted by atomic mass is 35.5. The second-order valence-electron chi connectivity index (χ2n) is 4.00. The molecule has 0 aliphatic carbocycles. The average Bonchev–Trinajstić information content (AvgIpc) is 2.38. The predicted octanol–water partition coefficient (Wildman–Crippen LogP) is 2.89. The van der Waals surface area contributed by atoms with E-state index in [0.717, 1.165) is 11.1 Å². The summed E-state index contributed by atoms with van der Waals surface area (Å²) in [5.74, 6) is 0. The number of aliphatic hydroxyl groups is 1. The van der Waals surface area contributed by atoms with Crippen LogP contribution in [0, 0.1) is 0 Å². The van der Waals surface area contributed by atoms with Crippen LogP contribution < -0.4 is 0 Å². The molecular formula is C13H11ClO4S. The minimum atomic E-state index is -4.50. The molecule has 6 heteroatoms. The lowest BCUT2D eigenvalue weighted by Crippen LogP contribution is -2.10. The molecule has 0 aliphatic rings. The molecule has 2 aromatic carbocycles. The average molecular weight is 299 g/mol. The summed E-state index contributed by atoms with van der Waals surface area (Å²) in [7, 11) is -4.50. The van der Waals surface area contributed by atoms with Crippen LogP contribution in [0.3, 0.4) is 0 Å². The van der Waals surface area contributed by atoms with Gasteiger partial charge < -0.3 is 5.11 Å². The van der Waals surface area contributed by atoms with Gasteiger partial charge in [-0.25, -0.2) is 0 Å². The summed E-state index contributed by atoms with van der Waals surface area (Å²) < 4.78 is 30.4. The van der Waals surface area contributed by atoms with Gasteiger partial charge in [-0.3, -0.25) is 4.55 Å². The molecule has 4 nitrogen and oxygen atoms in total. The van der Waals surface area contributed by atoms with E-state index < -0.39 is 15.6 Å². The van der Waals surface area contributed by atoms with Gasteiger partial charge in [0, 0.05) is 5.02 Å². The monoisotopic (exact) mass is 298 g/mol. The Morgan fingerprint density at radius 3 is 1.74 bits per heavy atom. The first-order chi connectivity index (χ1) is 8.88. The highest BCUT2D eigenvalue weighted by Crippen LogP contribution is 2.25. The number of aliphatic hydroxyl groups excluding tert-OH is 1. The lowest BCUT2D eigenvalue weighted by molar-refractivity contribution is 0.238. The third kappa shape index (κ3) is 3.33. The van der Waals surface area contributed by atoms with E-state index in [-0.39, 0.29) is 5.56 Å². The van der Waals surface area contributed by atoms with Gasteiger partial charge in [0.15, 0.2) is 0 Å². The van der Waals surface area contributed by atoms with Crippen molar-refractivity contribution in [2.75, 3.05) is 0 Å². The zero-order valence-corrected chi connectivity index (χ0v) is 11.3. The van der Waals surface area contributed by atoms with Crippen LogP contribution in [0.2, 0.25) is 5.02 Å². The molecule has 19 heavy (non-hydrogen) atoms. The Balaban J connectivity index is 2.31. The normalized spacial score (nSPS) is 13.2. The molecule has 0 saturated carbocycles. The Bertz CT molecular complexity index is 663. The highest BCUT2D eigenvalue weighted by Gasteiger charge is 2.21. The standard InChI is InChI=1S/C13H11ClO4S/c14-12-7-5-10(6-8-12)9-1-3-11(4-2-9)13(15)19(16,17)18/h1-8,13,15H,(H,16,17,18). The van der Waals surface area contributed by atoms with Crippen LogP contribution in [0.5, 0.6) is 0 Å². The quantitative estimate of drug-likeness (QED) is 0.854. The third-order valence-corrected chi connectivity index (χ3v) is 3.74. The van der Waals surface area contributed by atoms with Crippen LogP contribution in [0.4, 0.5) is 0 Å². The topological polar surface area (TPSA) is 74.6 Å². The summed E-state index contributed by atoms with van der Waals surface area (Å²) in [5.41, 5.74) is -0.0489. The van der Waals surface area contributed by atoms with E-state index >= 15 is 0 Å². The minimum absolute atomic E-state index is 0.111. The first-order valence-electron chi connectivity index (χ1n) is 5.38. The van der Waals surface area contributed by atoms with Crippen molar-refractivity contribution in [1.82, 2.24) is 0 Å². The van der Waals surface area contributed by atoms with Crippen LogP contribution in [0.1, 0.15) is 11.0 Å². The van der Waals surface area contributed by atoms with Gasteiger partial charge in [0.2, 0.25) is 5.44 Å². The van der Waals surface area contributed by atoms with Gasteiger partial charge in [-0.2, -0.15) is 8.42 Å². The predicted molar refractivity (Wildman–Crippen MR) is 73.4 cm³/mol. The molecule has 2 aromatic rings. The largest absolute Gasteiger partial charge is 0.371 e. The van der Waals surface area contributed by atoms with E-state index in [1.165, 1.54) is 12.1 Å². The Labute approximate surface area is 116 Å². The van der Waals surface area contributed by atoms with Crippen LogP contribution in [0.25, 0.3) is 11.1 Å². The SMILES string of the molecule is O=S(=O)(O)C(O)c1ccc(-c2ccc(Cl)cc2)cc1. The van der Waals surface area contributed by atoms with Crippen LogP contribution in [0.15, 0.2) is 48.5 Å². The van der Waals surface area contributed by atoms with E-state index in [1.54, 1.807) is 24.3 Å². The number of rotatable bonds is 3. The fraction of sp³-hybridized carbons (Fsp3) is 0.0769. The van der Waals surface area contributed by atoms with Gasteiger partial charge in [-0.15, -0.1) is 0 Å². The van der Waals surface area contributed by atoms with Crippen LogP contribution in [-0.4, -0.2) is 18.1 Å². The molecule has 0 radical (unpaired) electrons. The summed E-state index contributed by atoms with van der Waals surface area (Å²) >= 11 is 5.79. The maximum atomic E-state index is 10.8. The van der Waals surface area contributed by atoms with Gasteiger partial charge in [0.05, 0.1) is 0 Å². The lowest BCUT2D eigenvalue weighted by Gasteiger charge is -2.08. The molecule has 0 amide bonds. The smallest absolute Gasteiger partial charge is 0.296 e. The number of halogens is 1. The molecule has 0 fully saturated rings. The molecule has 0 heterocycles. The summed E-state index contributed by atoms with van der Waals surface area (Å²) in [5, 5.41) is 10.0. The van der Waals surface area contributed by atoms with E-state index in [2.05, 4.69) is 0 Å². The second-order valence-corrected chi connectivity index (χ2v) is 5.91. The molecule has 1 atom stereocenters. The molecule has 100 valence electrons. The first kappa shape index (κ1) is 14.0. The fourth-order valence-electron chi connectivity index (χ4n) is 1.65. The molecular weight excluding hydrogens is 288 g/mol. The molecule has 0 spiro atoms. The van der Waals surface area contributed by atoms with Crippen molar-refractivity contribution in [3.63, 3.8) is 0 Å².